The van der Waals surface area contributed by atoms with Gasteiger partial charge in [-0.25, -0.2) is 4.39 Å². The van der Waals surface area contributed by atoms with E-state index in [1.807, 2.05) is 5.43 Å². The Morgan fingerprint density at radius 2 is 1.68 bits per heavy atom. The van der Waals surface area contributed by atoms with E-state index in [-0.39, 0.29) is 16.9 Å². The van der Waals surface area contributed by atoms with Crippen LogP contribution in [-0.2, 0) is 4.79 Å². The maximum Gasteiger partial charge on any atom is 0.387 e. The molecule has 2 rings (SSSR count). The standard InChI is InChI=1S/C17H13F3N2O3/c18-13-7-3-2-6-12(13)16(24)22-21-15(23)10-9-11-5-1-4-8-14(11)25-17(19)20/h1-10,17H,(H,21,23)(H,22,24)/b10-9+. The number of rotatable bonds is 5. The highest BCUT2D eigenvalue weighted by molar-refractivity contribution is 5.98. The maximum absolute atomic E-state index is 13.4. The van der Waals surface area contributed by atoms with Gasteiger partial charge in [0.15, 0.2) is 0 Å². The van der Waals surface area contributed by atoms with Crippen LogP contribution >= 0.6 is 0 Å². The summed E-state index contributed by atoms with van der Waals surface area (Å²) in [5.74, 6) is -2.40. The van der Waals surface area contributed by atoms with Gasteiger partial charge in [0.1, 0.15) is 11.6 Å². The van der Waals surface area contributed by atoms with Gasteiger partial charge >= 0.3 is 6.61 Å². The van der Waals surface area contributed by atoms with E-state index in [0.717, 1.165) is 12.1 Å². The first-order valence-electron chi connectivity index (χ1n) is 7.04. The number of hydrogen-bond acceptors (Lipinski definition) is 3. The minimum absolute atomic E-state index is 0.100. The number of carbonyl (C=O) groups is 2. The number of benzene rings is 2. The average Bonchev–Trinajstić information content (AvgIpc) is 2.59. The molecule has 0 saturated carbocycles. The topological polar surface area (TPSA) is 67.4 Å². The van der Waals surface area contributed by atoms with Crippen molar-refractivity contribution in [2.75, 3.05) is 0 Å². The molecule has 8 heteroatoms. The highest BCUT2D eigenvalue weighted by Gasteiger charge is 2.11. The molecular formula is C17H13F3N2O3. The Bertz CT molecular complexity index is 794. The van der Waals surface area contributed by atoms with Gasteiger partial charge in [0.05, 0.1) is 5.56 Å². The molecule has 0 unspecified atom stereocenters. The van der Waals surface area contributed by atoms with Crippen LogP contribution in [0.15, 0.2) is 54.6 Å². The zero-order valence-electron chi connectivity index (χ0n) is 12.7. The summed E-state index contributed by atoms with van der Waals surface area (Å²) >= 11 is 0. The number of hydrazine groups is 1. The number of halogens is 3. The first kappa shape index (κ1) is 18.1. The summed E-state index contributed by atoms with van der Waals surface area (Å²) < 4.78 is 42.3. The largest absolute Gasteiger partial charge is 0.434 e. The van der Waals surface area contributed by atoms with Gasteiger partial charge in [0.2, 0.25) is 0 Å². The third-order valence-electron chi connectivity index (χ3n) is 2.97. The zero-order valence-corrected chi connectivity index (χ0v) is 12.7. The average molecular weight is 350 g/mol. The number of carbonyl (C=O) groups excluding carboxylic acids is 2. The molecule has 0 aliphatic carbocycles. The number of ether oxygens (including phenoxy) is 1. The van der Waals surface area contributed by atoms with E-state index < -0.39 is 24.2 Å². The summed E-state index contributed by atoms with van der Waals surface area (Å²) in [6.45, 7) is -3.00. The molecule has 2 N–H and O–H groups in total. The van der Waals surface area contributed by atoms with Crippen molar-refractivity contribution in [3.8, 4) is 5.75 Å². The van der Waals surface area contributed by atoms with Gasteiger partial charge in [-0.2, -0.15) is 8.78 Å². The Hall–Kier alpha value is -3.29. The second kappa shape index (κ2) is 8.53. The number of nitrogens with one attached hydrogen (secondary N) is 2. The van der Waals surface area contributed by atoms with Crippen molar-refractivity contribution >= 4 is 17.9 Å². The molecule has 0 saturated heterocycles. The summed E-state index contributed by atoms with van der Waals surface area (Å²) in [6, 6.07) is 11.1. The molecule has 0 aliphatic rings. The molecule has 25 heavy (non-hydrogen) atoms. The molecular weight excluding hydrogens is 337 g/mol. The van der Waals surface area contributed by atoms with E-state index >= 15 is 0 Å². The van der Waals surface area contributed by atoms with E-state index in [1.54, 1.807) is 6.07 Å². The lowest BCUT2D eigenvalue weighted by Gasteiger charge is -2.08. The third-order valence-corrected chi connectivity index (χ3v) is 2.97. The third kappa shape index (κ3) is 5.38. The minimum Gasteiger partial charge on any atom is -0.434 e. The monoisotopic (exact) mass is 350 g/mol. The fourth-order valence-corrected chi connectivity index (χ4v) is 1.86. The normalized spacial score (nSPS) is 10.7. The van der Waals surface area contributed by atoms with Crippen LogP contribution < -0.4 is 15.6 Å². The smallest absolute Gasteiger partial charge is 0.387 e. The predicted octanol–water partition coefficient (Wildman–Crippen LogP) is 2.90. The summed E-state index contributed by atoms with van der Waals surface area (Å²) in [7, 11) is 0. The second-order valence-corrected chi connectivity index (χ2v) is 4.67. The van der Waals surface area contributed by atoms with Crippen LogP contribution in [0.3, 0.4) is 0 Å². The highest BCUT2D eigenvalue weighted by Crippen LogP contribution is 2.21. The van der Waals surface area contributed by atoms with E-state index in [1.165, 1.54) is 42.5 Å². The van der Waals surface area contributed by atoms with E-state index in [0.29, 0.717) is 0 Å². The molecule has 0 aliphatic heterocycles. The van der Waals surface area contributed by atoms with E-state index in [4.69, 9.17) is 0 Å². The van der Waals surface area contributed by atoms with Crippen molar-refractivity contribution in [1.82, 2.24) is 10.9 Å². The number of para-hydroxylation sites is 1. The molecule has 130 valence electrons. The fraction of sp³-hybridized carbons (Fsp3) is 0.0588. The second-order valence-electron chi connectivity index (χ2n) is 4.67. The molecule has 0 atom stereocenters. The Kier molecular flexibility index (Phi) is 6.16. The Balaban J connectivity index is 1.96. The predicted molar refractivity (Wildman–Crippen MR) is 84.1 cm³/mol. The zero-order chi connectivity index (χ0) is 18.2. The molecule has 2 amide bonds. The molecule has 0 bridgehead atoms. The van der Waals surface area contributed by atoms with E-state index in [2.05, 4.69) is 10.2 Å². The SMILES string of the molecule is O=C(/C=C/c1ccccc1OC(F)F)NNC(=O)c1ccccc1F. The van der Waals surface area contributed by atoms with Crippen LogP contribution in [0.5, 0.6) is 5.75 Å². The summed E-state index contributed by atoms with van der Waals surface area (Å²) in [5.41, 5.74) is 4.11. The van der Waals surface area contributed by atoms with Gasteiger partial charge in [0.25, 0.3) is 11.8 Å². The van der Waals surface area contributed by atoms with Gasteiger partial charge in [-0.05, 0) is 24.3 Å². The van der Waals surface area contributed by atoms with Crippen molar-refractivity contribution in [1.29, 1.82) is 0 Å². The van der Waals surface area contributed by atoms with Crippen molar-refractivity contribution < 1.29 is 27.5 Å². The number of alkyl halides is 2. The lowest BCUT2D eigenvalue weighted by atomic mass is 10.2. The molecule has 5 nitrogen and oxygen atoms in total. The van der Waals surface area contributed by atoms with Crippen molar-refractivity contribution in [2.45, 2.75) is 6.61 Å². The van der Waals surface area contributed by atoms with Crippen LogP contribution in [0.1, 0.15) is 15.9 Å². The van der Waals surface area contributed by atoms with E-state index in [9.17, 15) is 22.8 Å². The molecule has 0 heterocycles. The van der Waals surface area contributed by atoms with Gasteiger partial charge in [-0.1, -0.05) is 30.3 Å². The minimum atomic E-state index is -3.00. The quantitative estimate of drug-likeness (QED) is 0.644. The summed E-state index contributed by atoms with van der Waals surface area (Å²) in [4.78, 5) is 23.4. The van der Waals surface area contributed by atoms with Gasteiger partial charge < -0.3 is 4.74 Å². The van der Waals surface area contributed by atoms with Crippen LogP contribution in [0.25, 0.3) is 6.08 Å². The molecule has 2 aromatic rings. The van der Waals surface area contributed by atoms with Crippen molar-refractivity contribution in [3.63, 3.8) is 0 Å². The van der Waals surface area contributed by atoms with Gasteiger partial charge in [-0.3, -0.25) is 20.4 Å². The first-order chi connectivity index (χ1) is 12.0. The Morgan fingerprint density at radius 1 is 1.00 bits per heavy atom. The summed E-state index contributed by atoms with van der Waals surface area (Å²) in [6.07, 6.45) is 2.25. The maximum atomic E-state index is 13.4. The Labute approximate surface area is 141 Å². The molecule has 0 radical (unpaired) electrons. The van der Waals surface area contributed by atoms with Gasteiger partial charge in [0, 0.05) is 11.6 Å². The van der Waals surface area contributed by atoms with Crippen molar-refractivity contribution in [2.24, 2.45) is 0 Å². The van der Waals surface area contributed by atoms with Crippen LogP contribution in [-0.4, -0.2) is 18.4 Å². The fourth-order valence-electron chi connectivity index (χ4n) is 1.86. The molecule has 2 aromatic carbocycles. The van der Waals surface area contributed by atoms with Crippen molar-refractivity contribution in [3.05, 3.63) is 71.6 Å². The highest BCUT2D eigenvalue weighted by atomic mass is 19.3. The molecule has 0 fully saturated rings. The van der Waals surface area contributed by atoms with Gasteiger partial charge in [-0.15, -0.1) is 0 Å². The number of hydrogen-bond donors (Lipinski definition) is 2. The first-order valence-corrected chi connectivity index (χ1v) is 7.04. The Morgan fingerprint density at radius 3 is 2.40 bits per heavy atom. The lowest BCUT2D eigenvalue weighted by molar-refractivity contribution is -0.117. The van der Waals surface area contributed by atoms with Crippen LogP contribution in [0.2, 0.25) is 0 Å². The number of amides is 2. The van der Waals surface area contributed by atoms with Crippen LogP contribution in [0, 0.1) is 5.82 Å². The lowest BCUT2D eigenvalue weighted by Crippen LogP contribution is -2.41. The summed E-state index contributed by atoms with van der Waals surface area (Å²) in [5, 5.41) is 0. The molecule has 0 aromatic heterocycles. The van der Waals surface area contributed by atoms with Crippen LogP contribution in [0.4, 0.5) is 13.2 Å². The molecule has 0 spiro atoms.